The molecule has 17 heavy (non-hydrogen) atoms. The first-order valence-corrected chi connectivity index (χ1v) is 7.09. The van der Waals surface area contributed by atoms with Gasteiger partial charge in [-0.2, -0.15) is 0 Å². The van der Waals surface area contributed by atoms with Gasteiger partial charge in [0, 0.05) is 11.2 Å². The number of hydrogen-bond acceptors (Lipinski definition) is 2. The van der Waals surface area contributed by atoms with Gasteiger partial charge >= 0.3 is 0 Å². The minimum absolute atomic E-state index is 0.0407. The number of hydrogen-bond donors (Lipinski definition) is 1. The molecule has 1 N–H and O–H groups in total. The lowest BCUT2D eigenvalue weighted by Crippen LogP contribution is -2.16. The third-order valence-corrected chi connectivity index (χ3v) is 4.87. The van der Waals surface area contributed by atoms with Crippen molar-refractivity contribution < 1.29 is 12.8 Å². The highest BCUT2D eigenvalue weighted by molar-refractivity contribution is 7.91. The van der Waals surface area contributed by atoms with Gasteiger partial charge in [-0.3, -0.25) is 0 Å². The summed E-state index contributed by atoms with van der Waals surface area (Å²) in [7, 11) is -3.13. The Labute approximate surface area is 99.6 Å². The topological polar surface area (TPSA) is 49.9 Å². The molecule has 0 unspecified atom stereocenters. The molecule has 0 saturated carbocycles. The normalized spacial score (nSPS) is 12.5. The van der Waals surface area contributed by atoms with Crippen molar-refractivity contribution in [1.82, 2.24) is 4.98 Å². The second-order valence-corrected chi connectivity index (χ2v) is 6.94. The zero-order valence-electron chi connectivity index (χ0n) is 9.70. The summed E-state index contributed by atoms with van der Waals surface area (Å²) in [5.41, 5.74) is 1.22. The van der Waals surface area contributed by atoms with E-state index in [1.807, 2.05) is 0 Å². The van der Waals surface area contributed by atoms with Crippen LogP contribution in [0.1, 0.15) is 19.5 Å². The quantitative estimate of drug-likeness (QED) is 0.916. The van der Waals surface area contributed by atoms with Crippen molar-refractivity contribution in [2.24, 2.45) is 0 Å². The number of nitrogens with one attached hydrogen (secondary N) is 1. The standard InChI is InChI=1S/C12H14FNO2S/c1-8(2)17(15,16)7-11-5-9-3-4-10(13)6-12(9)14-11/h3-6,8,14H,7H2,1-2H3. The molecule has 3 nitrogen and oxygen atoms in total. The van der Waals surface area contributed by atoms with Crippen LogP contribution in [0.5, 0.6) is 0 Å². The molecule has 0 spiro atoms. The van der Waals surface area contributed by atoms with E-state index in [2.05, 4.69) is 4.98 Å². The molecule has 0 radical (unpaired) electrons. The Bertz CT molecular complexity index is 644. The fraction of sp³-hybridized carbons (Fsp3) is 0.333. The van der Waals surface area contributed by atoms with Crippen molar-refractivity contribution in [3.63, 3.8) is 0 Å². The van der Waals surface area contributed by atoms with Crippen molar-refractivity contribution >= 4 is 20.7 Å². The first-order valence-electron chi connectivity index (χ1n) is 5.37. The molecule has 0 bridgehead atoms. The molecular formula is C12H14FNO2S. The molecule has 2 rings (SSSR count). The molecule has 0 atom stereocenters. The molecule has 5 heteroatoms. The highest BCUT2D eigenvalue weighted by Gasteiger charge is 2.17. The molecule has 0 aliphatic carbocycles. The van der Waals surface area contributed by atoms with Gasteiger partial charge in [0.15, 0.2) is 9.84 Å². The Hall–Kier alpha value is -1.36. The molecule has 0 aliphatic rings. The summed E-state index contributed by atoms with van der Waals surface area (Å²) in [5, 5.41) is 0.408. The van der Waals surface area contributed by atoms with Gasteiger partial charge in [0.1, 0.15) is 5.82 Å². The van der Waals surface area contributed by atoms with Crippen molar-refractivity contribution in [2.75, 3.05) is 0 Å². The van der Waals surface area contributed by atoms with Crippen LogP contribution in [-0.2, 0) is 15.6 Å². The van der Waals surface area contributed by atoms with Crippen LogP contribution in [0.2, 0.25) is 0 Å². The van der Waals surface area contributed by atoms with Crippen LogP contribution < -0.4 is 0 Å². The fourth-order valence-corrected chi connectivity index (χ4v) is 2.54. The zero-order chi connectivity index (χ0) is 12.6. The Kier molecular flexibility index (Phi) is 2.95. The van der Waals surface area contributed by atoms with Gasteiger partial charge in [0.05, 0.1) is 11.0 Å². The Morgan fingerprint density at radius 3 is 2.65 bits per heavy atom. The van der Waals surface area contributed by atoms with E-state index < -0.39 is 15.1 Å². The van der Waals surface area contributed by atoms with E-state index >= 15 is 0 Å². The van der Waals surface area contributed by atoms with Crippen LogP contribution >= 0.6 is 0 Å². The average Bonchev–Trinajstić information content (AvgIpc) is 2.57. The number of sulfone groups is 1. The fourth-order valence-electron chi connectivity index (χ4n) is 1.62. The van der Waals surface area contributed by atoms with Crippen LogP contribution in [-0.4, -0.2) is 18.7 Å². The Morgan fingerprint density at radius 1 is 1.29 bits per heavy atom. The summed E-state index contributed by atoms with van der Waals surface area (Å²) in [4.78, 5) is 2.93. The Balaban J connectivity index is 2.38. The monoisotopic (exact) mass is 255 g/mol. The third-order valence-electron chi connectivity index (χ3n) is 2.72. The highest BCUT2D eigenvalue weighted by Crippen LogP contribution is 2.19. The number of aromatic amines is 1. The number of rotatable bonds is 3. The minimum Gasteiger partial charge on any atom is -0.357 e. The van der Waals surface area contributed by atoms with Crippen LogP contribution in [0.25, 0.3) is 10.9 Å². The van der Waals surface area contributed by atoms with Crippen LogP contribution in [0.4, 0.5) is 4.39 Å². The van der Waals surface area contributed by atoms with Crippen molar-refractivity contribution in [3.8, 4) is 0 Å². The van der Waals surface area contributed by atoms with E-state index in [0.717, 1.165) is 5.39 Å². The molecule has 92 valence electrons. The van der Waals surface area contributed by atoms with Crippen LogP contribution in [0, 0.1) is 5.82 Å². The second-order valence-electron chi connectivity index (χ2n) is 4.38. The lowest BCUT2D eigenvalue weighted by molar-refractivity contribution is 0.586. The molecule has 0 aliphatic heterocycles. The summed E-state index contributed by atoms with van der Waals surface area (Å²) in [6.45, 7) is 3.30. The summed E-state index contributed by atoms with van der Waals surface area (Å²) >= 11 is 0. The van der Waals surface area contributed by atoms with E-state index in [4.69, 9.17) is 0 Å². The molecular weight excluding hydrogens is 241 g/mol. The number of benzene rings is 1. The first kappa shape index (κ1) is 12.1. The number of fused-ring (bicyclic) bond motifs is 1. The molecule has 0 saturated heterocycles. The largest absolute Gasteiger partial charge is 0.357 e. The summed E-state index contributed by atoms with van der Waals surface area (Å²) < 4.78 is 36.5. The van der Waals surface area contributed by atoms with Crippen LogP contribution in [0.15, 0.2) is 24.3 Å². The predicted octanol–water partition coefficient (Wildman–Crippen LogP) is 2.63. The Morgan fingerprint density at radius 2 is 2.00 bits per heavy atom. The van der Waals surface area contributed by atoms with E-state index in [0.29, 0.717) is 11.2 Å². The molecule has 0 amide bonds. The smallest absolute Gasteiger partial charge is 0.158 e. The zero-order valence-corrected chi connectivity index (χ0v) is 10.5. The molecule has 1 aromatic carbocycles. The summed E-state index contributed by atoms with van der Waals surface area (Å²) in [6, 6.07) is 6.10. The van der Waals surface area contributed by atoms with Gasteiger partial charge in [0.2, 0.25) is 0 Å². The van der Waals surface area contributed by atoms with Crippen molar-refractivity contribution in [3.05, 3.63) is 35.8 Å². The highest BCUT2D eigenvalue weighted by atomic mass is 32.2. The third kappa shape index (κ3) is 2.49. The van der Waals surface area contributed by atoms with Gasteiger partial charge < -0.3 is 4.98 Å². The minimum atomic E-state index is -3.13. The number of halogens is 1. The van der Waals surface area contributed by atoms with Crippen molar-refractivity contribution in [2.45, 2.75) is 24.9 Å². The maximum atomic E-state index is 13.0. The summed E-state index contributed by atoms with van der Waals surface area (Å²) in [6.07, 6.45) is 0. The van der Waals surface area contributed by atoms with E-state index in [-0.39, 0.29) is 11.6 Å². The van der Waals surface area contributed by atoms with Crippen LogP contribution in [0.3, 0.4) is 0 Å². The van der Waals surface area contributed by atoms with Gasteiger partial charge in [0.25, 0.3) is 0 Å². The summed E-state index contributed by atoms with van der Waals surface area (Å²) in [5.74, 6) is -0.376. The lowest BCUT2D eigenvalue weighted by atomic mass is 10.2. The number of aromatic nitrogens is 1. The van der Waals surface area contributed by atoms with Gasteiger partial charge in [-0.15, -0.1) is 0 Å². The molecule has 1 aromatic heterocycles. The van der Waals surface area contributed by atoms with Gasteiger partial charge in [-0.25, -0.2) is 12.8 Å². The maximum Gasteiger partial charge on any atom is 0.158 e. The molecule has 2 aromatic rings. The van der Waals surface area contributed by atoms with E-state index in [1.54, 1.807) is 26.0 Å². The SMILES string of the molecule is CC(C)S(=O)(=O)Cc1cc2ccc(F)cc2[nH]1. The second kappa shape index (κ2) is 4.14. The lowest BCUT2D eigenvalue weighted by Gasteiger charge is -2.05. The van der Waals surface area contributed by atoms with Crippen molar-refractivity contribution in [1.29, 1.82) is 0 Å². The average molecular weight is 255 g/mol. The van der Waals surface area contributed by atoms with E-state index in [1.165, 1.54) is 12.1 Å². The first-order chi connectivity index (χ1) is 7.88. The number of H-pyrrole nitrogens is 1. The van der Waals surface area contributed by atoms with Gasteiger partial charge in [-0.1, -0.05) is 0 Å². The maximum absolute atomic E-state index is 13.0. The van der Waals surface area contributed by atoms with Gasteiger partial charge in [-0.05, 0) is 43.5 Å². The molecule has 1 heterocycles. The van der Waals surface area contributed by atoms with E-state index in [9.17, 15) is 12.8 Å². The predicted molar refractivity (Wildman–Crippen MR) is 66.0 cm³/mol. The molecule has 0 fully saturated rings.